The van der Waals surface area contributed by atoms with Gasteiger partial charge in [-0.2, -0.15) is 0 Å². The number of likely N-dealkylation sites (tertiary alicyclic amines) is 1. The Morgan fingerprint density at radius 1 is 1.53 bits per heavy atom. The molecule has 1 unspecified atom stereocenters. The molecule has 19 heavy (non-hydrogen) atoms. The van der Waals surface area contributed by atoms with E-state index in [2.05, 4.69) is 44.9 Å². The Hall–Kier alpha value is -1.59. The first-order chi connectivity index (χ1) is 9.26. The molecule has 0 aromatic carbocycles. The number of methoxy groups -OCH3 is 1. The van der Waals surface area contributed by atoms with Crippen LogP contribution >= 0.6 is 0 Å². The van der Waals surface area contributed by atoms with Gasteiger partial charge in [0, 0.05) is 52.0 Å². The van der Waals surface area contributed by atoms with Crippen molar-refractivity contribution in [3.05, 3.63) is 42.2 Å². The van der Waals surface area contributed by atoms with Gasteiger partial charge < -0.3 is 14.3 Å². The molecule has 2 aromatic heterocycles. The maximum atomic E-state index is 5.52. The lowest BCUT2D eigenvalue weighted by atomic mass is 10.2. The maximum Gasteiger partial charge on any atom is 0.123 e. The molecule has 1 N–H and O–H groups in total. The number of aryl methyl sites for hydroxylation is 1. The number of hydrogen-bond acceptors (Lipinski definition) is 3. The van der Waals surface area contributed by atoms with Crippen LogP contribution in [0, 0.1) is 0 Å². The molecule has 1 aliphatic heterocycles. The first-order valence-electron chi connectivity index (χ1n) is 6.63. The number of aromatic nitrogens is 3. The molecule has 0 spiro atoms. The second-order valence-electron chi connectivity index (χ2n) is 5.20. The molecular formula is C14H20N4O. The molecule has 0 aliphatic carbocycles. The van der Waals surface area contributed by atoms with E-state index in [9.17, 15) is 0 Å². The molecule has 2 atom stereocenters. The van der Waals surface area contributed by atoms with E-state index in [0.29, 0.717) is 12.1 Å². The van der Waals surface area contributed by atoms with E-state index in [1.165, 1.54) is 5.56 Å². The summed E-state index contributed by atoms with van der Waals surface area (Å²) in [6.07, 6.45) is 9.24. The van der Waals surface area contributed by atoms with Crippen LogP contribution in [-0.4, -0.2) is 39.2 Å². The molecule has 3 rings (SSSR count). The van der Waals surface area contributed by atoms with E-state index in [-0.39, 0.29) is 0 Å². The van der Waals surface area contributed by atoms with Crippen LogP contribution in [-0.2, 0) is 18.3 Å². The summed E-state index contributed by atoms with van der Waals surface area (Å²) >= 11 is 0. The van der Waals surface area contributed by atoms with Gasteiger partial charge >= 0.3 is 0 Å². The highest BCUT2D eigenvalue weighted by Crippen LogP contribution is 2.32. The van der Waals surface area contributed by atoms with Crippen LogP contribution in [0.15, 0.2) is 30.9 Å². The van der Waals surface area contributed by atoms with Gasteiger partial charge in [-0.3, -0.25) is 4.90 Å². The highest BCUT2D eigenvalue weighted by molar-refractivity contribution is 5.12. The van der Waals surface area contributed by atoms with Gasteiger partial charge in [0.1, 0.15) is 5.82 Å². The van der Waals surface area contributed by atoms with Gasteiger partial charge in [0.15, 0.2) is 0 Å². The van der Waals surface area contributed by atoms with Gasteiger partial charge in [0.05, 0.1) is 12.1 Å². The number of aromatic amines is 1. The molecule has 1 aliphatic rings. The molecule has 1 fully saturated rings. The van der Waals surface area contributed by atoms with Gasteiger partial charge in [-0.15, -0.1) is 0 Å². The number of nitrogens with one attached hydrogen (secondary N) is 1. The standard InChI is InChI=1S/C14H20N4O/c1-17-6-3-11(8-17)9-18-10-12(19-2)7-13(18)14-15-4-5-16-14/h3-6,8,12-13H,7,9-10H2,1-2H3,(H,15,16)/t12-,13?/m1/s1. The minimum atomic E-state index is 0.291. The van der Waals surface area contributed by atoms with Crippen molar-refractivity contribution in [1.29, 1.82) is 0 Å². The summed E-state index contributed by atoms with van der Waals surface area (Å²) in [5.74, 6) is 1.04. The average molecular weight is 260 g/mol. The lowest BCUT2D eigenvalue weighted by Gasteiger charge is -2.21. The molecule has 5 nitrogen and oxygen atoms in total. The number of nitrogens with zero attached hydrogens (tertiary/aromatic N) is 3. The van der Waals surface area contributed by atoms with Gasteiger partial charge in [-0.1, -0.05) is 0 Å². The fraction of sp³-hybridized carbons (Fsp3) is 0.500. The SMILES string of the molecule is CO[C@@H]1CC(c2ncc[nH]2)N(Cc2ccn(C)c2)C1. The molecule has 5 heteroatoms. The summed E-state index contributed by atoms with van der Waals surface area (Å²) in [4.78, 5) is 10.1. The number of hydrogen-bond donors (Lipinski definition) is 1. The van der Waals surface area contributed by atoms with E-state index in [1.54, 1.807) is 7.11 Å². The van der Waals surface area contributed by atoms with E-state index in [4.69, 9.17) is 4.74 Å². The van der Waals surface area contributed by atoms with Crippen molar-refractivity contribution in [2.45, 2.75) is 25.1 Å². The van der Waals surface area contributed by atoms with Crippen LogP contribution < -0.4 is 0 Å². The lowest BCUT2D eigenvalue weighted by molar-refractivity contribution is 0.107. The molecule has 0 bridgehead atoms. The Morgan fingerprint density at radius 3 is 3.05 bits per heavy atom. The Balaban J connectivity index is 1.77. The number of H-pyrrole nitrogens is 1. The van der Waals surface area contributed by atoms with Gasteiger partial charge in [0.2, 0.25) is 0 Å². The minimum Gasteiger partial charge on any atom is -0.380 e. The first-order valence-corrected chi connectivity index (χ1v) is 6.63. The third-order valence-electron chi connectivity index (χ3n) is 3.81. The fourth-order valence-corrected chi connectivity index (χ4v) is 2.84. The highest BCUT2D eigenvalue weighted by atomic mass is 16.5. The number of ether oxygens (including phenoxy) is 1. The smallest absolute Gasteiger partial charge is 0.123 e. The van der Waals surface area contributed by atoms with E-state index >= 15 is 0 Å². The Morgan fingerprint density at radius 2 is 2.42 bits per heavy atom. The Bertz CT molecular complexity index is 519. The van der Waals surface area contributed by atoms with Crippen LogP contribution in [0.5, 0.6) is 0 Å². The highest BCUT2D eigenvalue weighted by Gasteiger charge is 2.34. The Labute approximate surface area is 113 Å². The molecule has 102 valence electrons. The van der Waals surface area contributed by atoms with Crippen LogP contribution in [0.25, 0.3) is 0 Å². The van der Waals surface area contributed by atoms with Crippen molar-refractivity contribution in [1.82, 2.24) is 19.4 Å². The zero-order valence-corrected chi connectivity index (χ0v) is 11.4. The predicted molar refractivity (Wildman–Crippen MR) is 72.6 cm³/mol. The second-order valence-corrected chi connectivity index (χ2v) is 5.20. The summed E-state index contributed by atoms with van der Waals surface area (Å²) in [5, 5.41) is 0. The van der Waals surface area contributed by atoms with Crippen LogP contribution in [0.3, 0.4) is 0 Å². The zero-order chi connectivity index (χ0) is 13.2. The third-order valence-corrected chi connectivity index (χ3v) is 3.81. The van der Waals surface area contributed by atoms with Crippen LogP contribution in [0.4, 0.5) is 0 Å². The fourth-order valence-electron chi connectivity index (χ4n) is 2.84. The van der Waals surface area contributed by atoms with Crippen molar-refractivity contribution in [2.75, 3.05) is 13.7 Å². The predicted octanol–water partition coefficient (Wildman–Crippen LogP) is 1.71. The quantitative estimate of drug-likeness (QED) is 0.910. The van der Waals surface area contributed by atoms with Crippen molar-refractivity contribution in [3.8, 4) is 0 Å². The molecule has 3 heterocycles. The second kappa shape index (κ2) is 5.19. The zero-order valence-electron chi connectivity index (χ0n) is 11.4. The molecule has 2 aromatic rings. The van der Waals surface area contributed by atoms with Crippen molar-refractivity contribution >= 4 is 0 Å². The monoisotopic (exact) mass is 260 g/mol. The number of rotatable bonds is 4. The lowest BCUT2D eigenvalue weighted by Crippen LogP contribution is -2.25. The maximum absolute atomic E-state index is 5.52. The molecular weight excluding hydrogens is 240 g/mol. The Kier molecular flexibility index (Phi) is 3.40. The van der Waals surface area contributed by atoms with Gasteiger partial charge in [-0.25, -0.2) is 4.98 Å². The molecule has 0 saturated carbocycles. The number of imidazole rings is 1. The van der Waals surface area contributed by atoms with Crippen LogP contribution in [0.1, 0.15) is 23.9 Å². The first kappa shape index (κ1) is 12.4. The minimum absolute atomic E-state index is 0.291. The normalized spacial score (nSPS) is 24.1. The average Bonchev–Trinajstić information content (AvgIpc) is 3.10. The van der Waals surface area contributed by atoms with Gasteiger partial charge in [-0.05, 0) is 18.1 Å². The van der Waals surface area contributed by atoms with E-state index in [0.717, 1.165) is 25.3 Å². The van der Waals surface area contributed by atoms with Crippen molar-refractivity contribution in [3.63, 3.8) is 0 Å². The van der Waals surface area contributed by atoms with Crippen LogP contribution in [0.2, 0.25) is 0 Å². The summed E-state index contributed by atoms with van der Waals surface area (Å²) in [5.41, 5.74) is 1.33. The summed E-state index contributed by atoms with van der Waals surface area (Å²) in [6, 6.07) is 2.49. The van der Waals surface area contributed by atoms with E-state index in [1.807, 2.05) is 12.4 Å². The summed E-state index contributed by atoms with van der Waals surface area (Å²) in [6.45, 7) is 1.89. The van der Waals surface area contributed by atoms with E-state index < -0.39 is 0 Å². The largest absolute Gasteiger partial charge is 0.380 e. The molecule has 0 amide bonds. The topological polar surface area (TPSA) is 46.1 Å². The van der Waals surface area contributed by atoms with Crippen molar-refractivity contribution in [2.24, 2.45) is 7.05 Å². The summed E-state index contributed by atoms with van der Waals surface area (Å²) in [7, 11) is 3.84. The van der Waals surface area contributed by atoms with Crippen molar-refractivity contribution < 1.29 is 4.74 Å². The molecule has 1 saturated heterocycles. The molecule has 0 radical (unpaired) electrons. The summed E-state index contributed by atoms with van der Waals surface area (Å²) < 4.78 is 7.61. The van der Waals surface area contributed by atoms with Gasteiger partial charge in [0.25, 0.3) is 0 Å². The third kappa shape index (κ3) is 2.57.